The van der Waals surface area contributed by atoms with Crippen LogP contribution < -0.4 is 0 Å². The molecule has 0 fully saturated rings. The first-order chi connectivity index (χ1) is 22.6. The molecule has 0 saturated heterocycles. The Hall–Kier alpha value is -2.14. The van der Waals surface area contributed by atoms with Crippen molar-refractivity contribution in [3.63, 3.8) is 0 Å². The summed E-state index contributed by atoms with van der Waals surface area (Å²) in [6.07, 6.45) is 42.6. The number of rotatable bonds is 34. The van der Waals surface area contributed by atoms with Gasteiger partial charge in [-0.1, -0.05) is 153 Å². The number of hydrogen-bond donors (Lipinski definition) is 0. The van der Waals surface area contributed by atoms with E-state index in [1.165, 1.54) is 64.2 Å². The minimum atomic E-state index is -0.542. The molecule has 0 N–H and O–H groups in total. The molecule has 0 radical (unpaired) electrons. The maximum Gasteiger partial charge on any atom is 0.306 e. The van der Waals surface area contributed by atoms with E-state index in [0.717, 1.165) is 77.0 Å². The third-order valence-electron chi connectivity index (χ3n) is 7.88. The summed E-state index contributed by atoms with van der Waals surface area (Å²) in [5.41, 5.74) is 0. The van der Waals surface area contributed by atoms with Crippen LogP contribution >= 0.6 is 0 Å². The van der Waals surface area contributed by atoms with Crippen molar-refractivity contribution >= 4 is 11.9 Å². The Kier molecular flexibility index (Phi) is 35.6. The lowest BCUT2D eigenvalue weighted by Gasteiger charge is -2.18. The monoisotopic (exact) mass is 645 g/mol. The van der Waals surface area contributed by atoms with Crippen LogP contribution in [0.2, 0.25) is 0 Å². The highest BCUT2D eigenvalue weighted by atomic mass is 16.6. The Morgan fingerprint density at radius 3 is 1.57 bits per heavy atom. The highest BCUT2D eigenvalue weighted by molar-refractivity contribution is 5.70. The van der Waals surface area contributed by atoms with Gasteiger partial charge in [0, 0.05) is 19.4 Å². The van der Waals surface area contributed by atoms with Crippen LogP contribution in [0, 0.1) is 0 Å². The lowest BCUT2D eigenvalue weighted by Crippen LogP contribution is -2.30. The lowest BCUT2D eigenvalue weighted by atomic mass is 10.1. The third-order valence-corrected chi connectivity index (χ3v) is 7.88. The molecule has 0 aliphatic heterocycles. The standard InChI is InChI=1S/C41H72O5/c1-4-7-10-13-16-18-19-20-21-22-23-24-26-28-31-34-40(42)45-38-39(37-44-36-33-30-27-17-14-11-8-5-2)46-41(43)35-32-29-25-15-12-9-6-3/h7,10,16,18,20-21,23-24,39H,4-6,8-9,11-15,17,19,22,25-38H2,1-3H3/b10-7-,18-16-,21-20-,24-23-. The van der Waals surface area contributed by atoms with Crippen molar-refractivity contribution in [2.75, 3.05) is 19.8 Å². The number of carbonyl (C=O) groups excluding carboxylic acids is 2. The maximum absolute atomic E-state index is 12.5. The smallest absolute Gasteiger partial charge is 0.306 e. The zero-order chi connectivity index (χ0) is 33.6. The van der Waals surface area contributed by atoms with Crippen molar-refractivity contribution in [1.29, 1.82) is 0 Å². The average molecular weight is 645 g/mol. The summed E-state index contributed by atoms with van der Waals surface area (Å²) in [4.78, 5) is 24.9. The molecule has 0 spiro atoms. The van der Waals surface area contributed by atoms with Gasteiger partial charge >= 0.3 is 11.9 Å². The molecule has 0 saturated carbocycles. The quantitative estimate of drug-likeness (QED) is 0.0396. The van der Waals surface area contributed by atoms with Crippen molar-refractivity contribution in [3.05, 3.63) is 48.6 Å². The van der Waals surface area contributed by atoms with Gasteiger partial charge in [-0.05, 0) is 57.8 Å². The molecule has 1 atom stereocenters. The molecule has 266 valence electrons. The minimum absolute atomic E-state index is 0.0654. The minimum Gasteiger partial charge on any atom is -0.462 e. The Balaban J connectivity index is 4.24. The predicted molar refractivity (Wildman–Crippen MR) is 196 cm³/mol. The van der Waals surface area contributed by atoms with Crippen LogP contribution in [0.5, 0.6) is 0 Å². The number of ether oxygens (including phenoxy) is 3. The molecular weight excluding hydrogens is 572 g/mol. The zero-order valence-electron chi connectivity index (χ0n) is 30.3. The number of esters is 2. The summed E-state index contributed by atoms with van der Waals surface area (Å²) in [5, 5.41) is 0. The van der Waals surface area contributed by atoms with E-state index in [9.17, 15) is 9.59 Å². The molecule has 46 heavy (non-hydrogen) atoms. The van der Waals surface area contributed by atoms with E-state index in [1.54, 1.807) is 0 Å². The first kappa shape index (κ1) is 43.9. The topological polar surface area (TPSA) is 61.8 Å². The first-order valence-electron chi connectivity index (χ1n) is 19.2. The van der Waals surface area contributed by atoms with Gasteiger partial charge < -0.3 is 14.2 Å². The highest BCUT2D eigenvalue weighted by Crippen LogP contribution is 2.11. The number of carbonyl (C=O) groups is 2. The molecule has 0 heterocycles. The summed E-state index contributed by atoms with van der Waals surface area (Å²) < 4.78 is 17.1. The van der Waals surface area contributed by atoms with Gasteiger partial charge in [-0.3, -0.25) is 9.59 Å². The molecule has 0 aromatic rings. The Labute approximate surface area is 284 Å². The molecule has 0 aromatic heterocycles. The molecule has 0 aliphatic rings. The molecule has 0 bridgehead atoms. The number of allylic oxidation sites excluding steroid dienone is 8. The molecule has 1 unspecified atom stereocenters. The van der Waals surface area contributed by atoms with Crippen LogP contribution in [-0.2, 0) is 23.8 Å². The Morgan fingerprint density at radius 1 is 0.500 bits per heavy atom. The zero-order valence-corrected chi connectivity index (χ0v) is 30.3. The van der Waals surface area contributed by atoms with Gasteiger partial charge in [0.1, 0.15) is 6.61 Å². The van der Waals surface area contributed by atoms with E-state index in [2.05, 4.69) is 69.4 Å². The van der Waals surface area contributed by atoms with E-state index in [-0.39, 0.29) is 25.2 Å². The van der Waals surface area contributed by atoms with Crippen LogP contribution in [0.3, 0.4) is 0 Å². The fourth-order valence-electron chi connectivity index (χ4n) is 5.03. The van der Waals surface area contributed by atoms with Crippen LogP contribution in [-0.4, -0.2) is 37.9 Å². The average Bonchev–Trinajstić information content (AvgIpc) is 3.05. The summed E-state index contributed by atoms with van der Waals surface area (Å²) in [5.74, 6) is -0.454. The van der Waals surface area contributed by atoms with Gasteiger partial charge in [0.05, 0.1) is 6.61 Å². The summed E-state index contributed by atoms with van der Waals surface area (Å²) in [6.45, 7) is 7.60. The van der Waals surface area contributed by atoms with Gasteiger partial charge in [-0.2, -0.15) is 0 Å². The van der Waals surface area contributed by atoms with Crippen LogP contribution in [0.15, 0.2) is 48.6 Å². The molecule has 0 amide bonds. The van der Waals surface area contributed by atoms with Gasteiger partial charge in [-0.15, -0.1) is 0 Å². The van der Waals surface area contributed by atoms with E-state index in [4.69, 9.17) is 14.2 Å². The Bertz CT molecular complexity index is 782. The molecule has 0 aliphatic carbocycles. The molecule has 0 rings (SSSR count). The van der Waals surface area contributed by atoms with Crippen LogP contribution in [0.4, 0.5) is 0 Å². The SMILES string of the molecule is CC/C=C\C/C=C\C/C=C\C/C=C\CCCCC(=O)OCC(COCCCCCCCCCC)OC(=O)CCCCCCCCC. The van der Waals surface area contributed by atoms with Gasteiger partial charge in [-0.25, -0.2) is 0 Å². The van der Waals surface area contributed by atoms with Gasteiger partial charge in [0.15, 0.2) is 6.10 Å². The van der Waals surface area contributed by atoms with Crippen LogP contribution in [0.25, 0.3) is 0 Å². The predicted octanol–water partition coefficient (Wildman–Crippen LogP) is 12.1. The largest absolute Gasteiger partial charge is 0.462 e. The number of hydrogen-bond acceptors (Lipinski definition) is 5. The lowest BCUT2D eigenvalue weighted by molar-refractivity contribution is -0.163. The fraction of sp³-hybridized carbons (Fsp3) is 0.756. The second-order valence-electron chi connectivity index (χ2n) is 12.5. The van der Waals surface area contributed by atoms with Crippen molar-refractivity contribution < 1.29 is 23.8 Å². The van der Waals surface area contributed by atoms with Gasteiger partial charge in [0.2, 0.25) is 0 Å². The molecule has 0 aromatic carbocycles. The van der Waals surface area contributed by atoms with Crippen molar-refractivity contribution in [2.45, 2.75) is 181 Å². The molecule has 5 heteroatoms. The van der Waals surface area contributed by atoms with Crippen molar-refractivity contribution in [3.8, 4) is 0 Å². The maximum atomic E-state index is 12.5. The summed E-state index contributed by atoms with van der Waals surface area (Å²) >= 11 is 0. The van der Waals surface area contributed by atoms with Gasteiger partial charge in [0.25, 0.3) is 0 Å². The highest BCUT2D eigenvalue weighted by Gasteiger charge is 2.17. The number of unbranched alkanes of at least 4 members (excludes halogenated alkanes) is 15. The van der Waals surface area contributed by atoms with Crippen molar-refractivity contribution in [1.82, 2.24) is 0 Å². The second kappa shape index (κ2) is 37.3. The van der Waals surface area contributed by atoms with E-state index in [0.29, 0.717) is 19.4 Å². The fourth-order valence-corrected chi connectivity index (χ4v) is 5.03. The van der Waals surface area contributed by atoms with E-state index < -0.39 is 6.10 Å². The summed E-state index contributed by atoms with van der Waals surface area (Å²) in [6, 6.07) is 0. The van der Waals surface area contributed by atoms with E-state index >= 15 is 0 Å². The molecule has 5 nitrogen and oxygen atoms in total. The normalized spacial score (nSPS) is 12.7. The Morgan fingerprint density at radius 2 is 0.978 bits per heavy atom. The third kappa shape index (κ3) is 34.7. The summed E-state index contributed by atoms with van der Waals surface area (Å²) in [7, 11) is 0. The van der Waals surface area contributed by atoms with Crippen molar-refractivity contribution in [2.24, 2.45) is 0 Å². The molecular formula is C41H72O5. The first-order valence-corrected chi connectivity index (χ1v) is 19.2. The second-order valence-corrected chi connectivity index (χ2v) is 12.5. The van der Waals surface area contributed by atoms with Crippen LogP contribution in [0.1, 0.15) is 175 Å². The van der Waals surface area contributed by atoms with E-state index in [1.807, 2.05) is 0 Å².